The Bertz CT molecular complexity index is 1260. The topological polar surface area (TPSA) is 78.4 Å². The maximum atomic E-state index is 12.4. The maximum Gasteiger partial charge on any atom is 0.343 e. The molecule has 4 aromatic rings. The van der Waals surface area contributed by atoms with Crippen molar-refractivity contribution in [2.45, 2.75) is 0 Å². The molecule has 0 radical (unpaired) electrons. The monoisotopic (exact) mass is 464 g/mol. The first-order chi connectivity index (χ1) is 15.5. The van der Waals surface area contributed by atoms with E-state index in [4.69, 9.17) is 32.7 Å². The summed E-state index contributed by atoms with van der Waals surface area (Å²) >= 11 is 11.9. The molecule has 6 nitrogen and oxygen atoms in total. The first kappa shape index (κ1) is 21.5. The number of ether oxygens (including phenoxy) is 2. The standard InChI is InChI=1S/C24H14Cl2N2O4/c25-18-9-17(10-19(26)11-18)24(30)32-21-7-3-16(4-8-21)23-12-22(27-13-28-23)15-1-5-20(6-2-15)31-14-29/h1-14H. The summed E-state index contributed by atoms with van der Waals surface area (Å²) in [5.41, 5.74) is 3.33. The average molecular weight is 465 g/mol. The molecule has 1 aromatic heterocycles. The van der Waals surface area contributed by atoms with Crippen molar-refractivity contribution in [3.05, 3.63) is 94.7 Å². The van der Waals surface area contributed by atoms with Crippen molar-refractivity contribution in [2.24, 2.45) is 0 Å². The predicted octanol–water partition coefficient (Wildman–Crippen LogP) is 5.87. The summed E-state index contributed by atoms with van der Waals surface area (Å²) in [6, 6.07) is 20.3. The molecule has 0 aliphatic carbocycles. The van der Waals surface area contributed by atoms with Gasteiger partial charge in [-0.3, -0.25) is 4.79 Å². The Hall–Kier alpha value is -3.74. The molecule has 32 heavy (non-hydrogen) atoms. The Balaban J connectivity index is 1.51. The van der Waals surface area contributed by atoms with Gasteiger partial charge in [-0.15, -0.1) is 0 Å². The zero-order valence-corrected chi connectivity index (χ0v) is 17.9. The first-order valence-corrected chi connectivity index (χ1v) is 10.1. The third-order valence-electron chi connectivity index (χ3n) is 4.46. The highest BCUT2D eigenvalue weighted by Crippen LogP contribution is 2.26. The van der Waals surface area contributed by atoms with Crippen LogP contribution >= 0.6 is 23.2 Å². The molecule has 0 saturated carbocycles. The lowest BCUT2D eigenvalue weighted by molar-refractivity contribution is -0.120. The number of carbonyl (C=O) groups excluding carboxylic acids is 2. The fraction of sp³-hybridized carbons (Fsp3) is 0. The van der Waals surface area contributed by atoms with Crippen molar-refractivity contribution < 1.29 is 19.1 Å². The van der Waals surface area contributed by atoms with Crippen molar-refractivity contribution in [3.63, 3.8) is 0 Å². The summed E-state index contributed by atoms with van der Waals surface area (Å²) in [5, 5.41) is 0.704. The van der Waals surface area contributed by atoms with Gasteiger partial charge >= 0.3 is 5.97 Å². The van der Waals surface area contributed by atoms with Crippen molar-refractivity contribution in [3.8, 4) is 34.0 Å². The molecule has 0 saturated heterocycles. The van der Waals surface area contributed by atoms with Gasteiger partial charge in [0, 0.05) is 21.2 Å². The van der Waals surface area contributed by atoms with Gasteiger partial charge in [0.05, 0.1) is 17.0 Å². The van der Waals surface area contributed by atoms with Gasteiger partial charge < -0.3 is 9.47 Å². The van der Waals surface area contributed by atoms with Crippen LogP contribution in [-0.2, 0) is 4.79 Å². The van der Waals surface area contributed by atoms with Gasteiger partial charge in [-0.2, -0.15) is 0 Å². The molecule has 0 bridgehead atoms. The SMILES string of the molecule is O=COc1ccc(-c2cc(-c3ccc(OC(=O)c4cc(Cl)cc(Cl)c4)cc3)ncn2)cc1. The number of nitrogens with zero attached hydrogens (tertiary/aromatic N) is 2. The lowest BCUT2D eigenvalue weighted by atomic mass is 10.1. The predicted molar refractivity (Wildman–Crippen MR) is 121 cm³/mol. The first-order valence-electron chi connectivity index (χ1n) is 9.33. The molecule has 8 heteroatoms. The van der Waals surface area contributed by atoms with Crippen LogP contribution in [-0.4, -0.2) is 22.4 Å². The van der Waals surface area contributed by atoms with E-state index < -0.39 is 5.97 Å². The summed E-state index contributed by atoms with van der Waals surface area (Å²) in [6.07, 6.45) is 1.47. The maximum absolute atomic E-state index is 12.4. The van der Waals surface area contributed by atoms with E-state index in [2.05, 4.69) is 9.97 Å². The number of esters is 1. The van der Waals surface area contributed by atoms with Crippen LogP contribution in [0.5, 0.6) is 11.5 Å². The number of hydrogen-bond acceptors (Lipinski definition) is 6. The lowest BCUT2D eigenvalue weighted by Crippen LogP contribution is -2.08. The molecule has 4 rings (SSSR count). The third kappa shape index (κ3) is 5.11. The molecule has 0 aliphatic rings. The van der Waals surface area contributed by atoms with E-state index in [1.54, 1.807) is 48.5 Å². The largest absolute Gasteiger partial charge is 0.429 e. The molecule has 0 unspecified atom stereocenters. The average Bonchev–Trinajstić information content (AvgIpc) is 2.80. The molecule has 0 amide bonds. The van der Waals surface area contributed by atoms with E-state index in [1.165, 1.54) is 24.5 Å². The number of halogens is 2. The molecule has 0 fully saturated rings. The van der Waals surface area contributed by atoms with E-state index >= 15 is 0 Å². The van der Waals surface area contributed by atoms with Crippen LogP contribution in [0.2, 0.25) is 10.0 Å². The number of carbonyl (C=O) groups is 2. The van der Waals surface area contributed by atoms with Gasteiger partial charge in [0.25, 0.3) is 6.47 Å². The molecule has 0 atom stereocenters. The molecule has 158 valence electrons. The minimum atomic E-state index is -0.562. The van der Waals surface area contributed by atoms with Crippen LogP contribution < -0.4 is 9.47 Å². The molecule has 0 aliphatic heterocycles. The second kappa shape index (κ2) is 9.60. The van der Waals surface area contributed by atoms with E-state index in [0.29, 0.717) is 39.4 Å². The summed E-state index contributed by atoms with van der Waals surface area (Å²) in [6.45, 7) is 0.378. The van der Waals surface area contributed by atoms with Crippen LogP contribution in [0.4, 0.5) is 0 Å². The highest BCUT2D eigenvalue weighted by atomic mass is 35.5. The van der Waals surface area contributed by atoms with Crippen LogP contribution in [0.15, 0.2) is 79.1 Å². The van der Waals surface area contributed by atoms with Crippen molar-refractivity contribution >= 4 is 35.6 Å². The Morgan fingerprint density at radius 2 is 1.28 bits per heavy atom. The minimum Gasteiger partial charge on any atom is -0.429 e. The van der Waals surface area contributed by atoms with Gasteiger partial charge in [0.15, 0.2) is 0 Å². The Labute approximate surface area is 193 Å². The van der Waals surface area contributed by atoms with Gasteiger partial charge in [-0.05, 0) is 72.8 Å². The molecular formula is C24H14Cl2N2O4. The van der Waals surface area contributed by atoms with Crippen LogP contribution in [0.1, 0.15) is 10.4 Å². The Kier molecular flexibility index (Phi) is 6.44. The van der Waals surface area contributed by atoms with Crippen LogP contribution in [0.25, 0.3) is 22.5 Å². The van der Waals surface area contributed by atoms with Crippen molar-refractivity contribution in [1.29, 1.82) is 0 Å². The number of aromatic nitrogens is 2. The highest BCUT2D eigenvalue weighted by molar-refractivity contribution is 6.35. The zero-order valence-electron chi connectivity index (χ0n) is 16.4. The minimum absolute atomic E-state index is 0.261. The summed E-state index contributed by atoms with van der Waals surface area (Å²) in [7, 11) is 0. The van der Waals surface area contributed by atoms with Gasteiger partial charge in [-0.25, -0.2) is 14.8 Å². The Morgan fingerprint density at radius 3 is 1.81 bits per heavy atom. The fourth-order valence-corrected chi connectivity index (χ4v) is 3.49. The fourth-order valence-electron chi connectivity index (χ4n) is 2.96. The summed E-state index contributed by atoms with van der Waals surface area (Å²) < 4.78 is 10.2. The van der Waals surface area contributed by atoms with E-state index in [0.717, 1.165) is 11.1 Å². The van der Waals surface area contributed by atoms with Gasteiger partial charge in [0.2, 0.25) is 0 Å². The Morgan fingerprint density at radius 1 is 0.750 bits per heavy atom. The van der Waals surface area contributed by atoms with Crippen molar-refractivity contribution in [1.82, 2.24) is 9.97 Å². The van der Waals surface area contributed by atoms with E-state index in [9.17, 15) is 9.59 Å². The third-order valence-corrected chi connectivity index (χ3v) is 4.90. The molecule has 3 aromatic carbocycles. The molecule has 0 N–H and O–H groups in total. The molecule has 0 spiro atoms. The molecular weight excluding hydrogens is 451 g/mol. The van der Waals surface area contributed by atoms with Gasteiger partial charge in [0.1, 0.15) is 17.8 Å². The smallest absolute Gasteiger partial charge is 0.343 e. The second-order valence-corrected chi connectivity index (χ2v) is 7.47. The highest BCUT2D eigenvalue weighted by Gasteiger charge is 2.11. The summed E-state index contributed by atoms with van der Waals surface area (Å²) in [4.78, 5) is 31.4. The van der Waals surface area contributed by atoms with Gasteiger partial charge in [-0.1, -0.05) is 23.2 Å². The number of benzene rings is 3. The number of rotatable bonds is 6. The number of hydrogen-bond donors (Lipinski definition) is 0. The molecule has 1 heterocycles. The summed E-state index contributed by atoms with van der Waals surface area (Å²) in [5.74, 6) is 0.256. The van der Waals surface area contributed by atoms with E-state index in [1.807, 2.05) is 6.07 Å². The van der Waals surface area contributed by atoms with Crippen molar-refractivity contribution in [2.75, 3.05) is 0 Å². The van der Waals surface area contributed by atoms with Crippen LogP contribution in [0.3, 0.4) is 0 Å². The quantitative estimate of drug-likeness (QED) is 0.201. The van der Waals surface area contributed by atoms with E-state index in [-0.39, 0.29) is 5.56 Å². The zero-order chi connectivity index (χ0) is 22.5. The normalized spacial score (nSPS) is 10.4. The second-order valence-electron chi connectivity index (χ2n) is 6.60. The van der Waals surface area contributed by atoms with Crippen LogP contribution in [0, 0.1) is 0 Å². The lowest BCUT2D eigenvalue weighted by Gasteiger charge is -2.08.